The van der Waals surface area contributed by atoms with Crippen LogP contribution in [0.15, 0.2) is 341 Å². The van der Waals surface area contributed by atoms with Gasteiger partial charge >= 0.3 is 0 Å². The van der Waals surface area contributed by atoms with E-state index in [4.69, 9.17) is 0 Å². The summed E-state index contributed by atoms with van der Waals surface area (Å²) in [5.74, 6) is 0.823. The van der Waals surface area contributed by atoms with Gasteiger partial charge in [-0.25, -0.2) is 15.0 Å². The molecule has 0 saturated carbocycles. The Morgan fingerprint density at radius 3 is 1.07 bits per heavy atom. The van der Waals surface area contributed by atoms with Crippen molar-refractivity contribution in [2.24, 2.45) is 0 Å². The van der Waals surface area contributed by atoms with E-state index in [0.717, 1.165) is 94.7 Å². The van der Waals surface area contributed by atoms with Crippen LogP contribution in [0.1, 0.15) is 195 Å². The molecule has 0 aliphatic heterocycles. The maximum atomic E-state index is 4.38. The van der Waals surface area contributed by atoms with Crippen LogP contribution >= 0.6 is 0 Å². The lowest BCUT2D eigenvalue weighted by molar-refractivity contribution is 1.09. The smallest absolute Gasteiger partial charge is 0.125 e. The van der Waals surface area contributed by atoms with Gasteiger partial charge in [0.05, 0.1) is 55.3 Å². The second-order valence-electron chi connectivity index (χ2n) is 26.2. The van der Waals surface area contributed by atoms with Gasteiger partial charge in [-0.15, -0.1) is 0 Å². The van der Waals surface area contributed by atoms with Gasteiger partial charge in [0.25, 0.3) is 0 Å². The molecule has 14 heteroatoms. The first-order valence-corrected chi connectivity index (χ1v) is 46.2. The maximum absolute atomic E-state index is 4.38. The molecule has 0 spiro atoms. The molecule has 680 valence electrons. The molecule has 0 fully saturated rings. The molecule has 12 aromatic heterocycles. The SMILES string of the molecule is CC.CC.CC.CC.CC.CC.CC.CC.CC.CC.Cc1cc2ccccc2cn1.Cc1ccc2ccccc2n1.Cc1ccc2cccnc2c1.Cc1ccc2ccncc2c1.Cc1ccc2cnccc2c1.Cc1ccc2cnccc2n1.Cc1ccc2ncccc2c1.Cc1ccc2ncccc2n1.Cc1cnc2ccccc2n1.Cc1ncc2ccccc2n1. The predicted molar refractivity (Wildman–Crippen MR) is 569 cm³/mol. The summed E-state index contributed by atoms with van der Waals surface area (Å²) in [5.41, 5.74) is 19.4. The van der Waals surface area contributed by atoms with Crippen LogP contribution in [-0.2, 0) is 0 Å². The van der Waals surface area contributed by atoms with Gasteiger partial charge in [0.15, 0.2) is 0 Å². The van der Waals surface area contributed by atoms with Crippen LogP contribution in [0.3, 0.4) is 0 Å². The predicted octanol–water partition coefficient (Wildman–Crippen LogP) is 33.3. The first kappa shape index (κ1) is 114. The summed E-state index contributed by atoms with van der Waals surface area (Å²) in [6.07, 6.45) is 21.9. The number of pyridine rings is 10. The largest absolute Gasteiger partial charge is 0.264 e. The number of aryl methyl sites for hydroxylation is 10. The molecule has 20 rings (SSSR count). The summed E-state index contributed by atoms with van der Waals surface area (Å²) >= 11 is 0. The molecule has 14 nitrogen and oxygen atoms in total. The third-order valence-electron chi connectivity index (χ3n) is 17.0. The number of benzene rings is 8. The molecule has 0 aliphatic rings. The molecule has 20 aromatic rings. The molecule has 0 unspecified atom stereocenters. The molecular formula is C116H146N14. The number of para-hydroxylation sites is 4. The minimum atomic E-state index is 0.823. The van der Waals surface area contributed by atoms with E-state index in [1.54, 1.807) is 18.6 Å². The summed E-state index contributed by atoms with van der Waals surface area (Å²) in [4.78, 5) is 58.8. The van der Waals surface area contributed by atoms with Gasteiger partial charge in [0.2, 0.25) is 0 Å². The van der Waals surface area contributed by atoms with Crippen molar-refractivity contribution in [1.29, 1.82) is 0 Å². The van der Waals surface area contributed by atoms with Crippen LogP contribution < -0.4 is 0 Å². The molecule has 0 radical (unpaired) electrons. The van der Waals surface area contributed by atoms with Crippen LogP contribution in [0.4, 0.5) is 0 Å². The zero-order chi connectivity index (χ0) is 96.8. The molecular weight excluding hydrogens is 1590 g/mol. The van der Waals surface area contributed by atoms with Crippen molar-refractivity contribution in [3.8, 4) is 0 Å². The molecule has 0 aliphatic carbocycles. The van der Waals surface area contributed by atoms with Crippen molar-refractivity contribution in [2.45, 2.75) is 208 Å². The van der Waals surface area contributed by atoms with Crippen molar-refractivity contribution >= 4 is 109 Å². The average molecular weight is 1740 g/mol. The first-order chi connectivity index (χ1) is 63.6. The highest BCUT2D eigenvalue weighted by atomic mass is 14.9. The van der Waals surface area contributed by atoms with Crippen LogP contribution in [0.25, 0.3) is 109 Å². The number of nitrogens with zero attached hydrogens (tertiary/aromatic N) is 14. The van der Waals surface area contributed by atoms with E-state index >= 15 is 0 Å². The lowest BCUT2D eigenvalue weighted by Gasteiger charge is -1.96. The van der Waals surface area contributed by atoms with Crippen LogP contribution in [-0.4, -0.2) is 69.8 Å². The number of hydrogen-bond acceptors (Lipinski definition) is 14. The Hall–Kier alpha value is -14.0. The standard InChI is InChI=1S/6C10H9N.4C9H8N2.10C2H6/c1-8-2-3-10-7-11-5-4-9(10)6-8;1-8-2-3-9-4-5-11-7-10(9)6-8;1-8-4-5-10-9(7-8)3-2-6-11-10;1-8-4-5-9-3-2-6-11-10(9)7-8;1-8-6-9-4-2-3-5-10(9)7-11-8;1-8-6-7-9-4-2-3-5-10(9)11-8;1-7-2-3-8-6-10-5-4-9(8)11-7;1-7-4-5-8-9(11-7)3-2-6-10-8;1-7-10-6-8-4-2-3-5-9(8)11-7;1-7-6-10-8-4-2-3-5-9(8)11-7;10*1-2/h6*2-7H,1H3;4*2-6H,1H3;10*1-2H3. The number of aromatic nitrogens is 14. The van der Waals surface area contributed by atoms with Crippen molar-refractivity contribution in [1.82, 2.24) is 69.8 Å². The summed E-state index contributed by atoms with van der Waals surface area (Å²) < 4.78 is 0. The second-order valence-corrected chi connectivity index (χ2v) is 26.2. The van der Waals surface area contributed by atoms with Crippen molar-refractivity contribution in [3.63, 3.8) is 0 Å². The van der Waals surface area contributed by atoms with E-state index in [1.165, 1.54) is 70.7 Å². The topological polar surface area (TPSA) is 180 Å². The highest BCUT2D eigenvalue weighted by Gasteiger charge is 2.00. The van der Waals surface area contributed by atoms with Crippen molar-refractivity contribution in [2.75, 3.05) is 0 Å². The fourth-order valence-electron chi connectivity index (χ4n) is 11.4. The van der Waals surface area contributed by atoms with Gasteiger partial charge in [0.1, 0.15) is 5.82 Å². The zero-order valence-electron chi connectivity index (χ0n) is 83.6. The minimum absolute atomic E-state index is 0.823. The van der Waals surface area contributed by atoms with Crippen molar-refractivity contribution < 1.29 is 0 Å². The molecule has 130 heavy (non-hydrogen) atoms. The third kappa shape index (κ3) is 42.1. The van der Waals surface area contributed by atoms with E-state index in [1.807, 2.05) is 394 Å². The molecule has 0 N–H and O–H groups in total. The Labute approximate surface area is 779 Å². The Morgan fingerprint density at radius 2 is 0.469 bits per heavy atom. The minimum Gasteiger partial charge on any atom is -0.264 e. The van der Waals surface area contributed by atoms with Crippen LogP contribution in [0.2, 0.25) is 0 Å². The van der Waals surface area contributed by atoms with E-state index in [0.29, 0.717) is 0 Å². The molecule has 0 atom stereocenters. The van der Waals surface area contributed by atoms with Crippen molar-refractivity contribution in [3.05, 3.63) is 398 Å². The summed E-state index contributed by atoms with van der Waals surface area (Å²) in [7, 11) is 0. The normalized spacial score (nSPS) is 9.15. The molecule has 0 amide bonds. The fourth-order valence-corrected chi connectivity index (χ4v) is 11.4. The van der Waals surface area contributed by atoms with Crippen LogP contribution in [0, 0.1) is 69.2 Å². The van der Waals surface area contributed by atoms with Gasteiger partial charge < -0.3 is 0 Å². The third-order valence-corrected chi connectivity index (χ3v) is 17.0. The molecule has 0 bridgehead atoms. The maximum Gasteiger partial charge on any atom is 0.125 e. The van der Waals surface area contributed by atoms with Gasteiger partial charge in [-0.2, -0.15) is 0 Å². The lowest BCUT2D eigenvalue weighted by Crippen LogP contribution is -1.86. The van der Waals surface area contributed by atoms with E-state index in [-0.39, 0.29) is 0 Å². The number of hydrogen-bond donors (Lipinski definition) is 0. The number of rotatable bonds is 0. The Bertz CT molecular complexity index is 5090. The Balaban J connectivity index is 0.000000706. The zero-order valence-corrected chi connectivity index (χ0v) is 83.6. The summed E-state index contributed by atoms with van der Waals surface area (Å²) in [6.45, 7) is 60.2. The van der Waals surface area contributed by atoms with Crippen LogP contribution in [0.5, 0.6) is 0 Å². The molecule has 0 saturated heterocycles. The summed E-state index contributed by atoms with van der Waals surface area (Å²) in [6, 6.07) is 89.6. The molecule has 12 heterocycles. The summed E-state index contributed by atoms with van der Waals surface area (Å²) in [5, 5.41) is 13.2. The Morgan fingerprint density at radius 1 is 0.146 bits per heavy atom. The van der Waals surface area contributed by atoms with E-state index in [9.17, 15) is 0 Å². The quantitative estimate of drug-likeness (QED) is 0.140. The average Bonchev–Trinajstić information content (AvgIpc) is 0.929. The highest BCUT2D eigenvalue weighted by Crippen LogP contribution is 2.19. The first-order valence-electron chi connectivity index (χ1n) is 46.2. The van der Waals surface area contributed by atoms with E-state index < -0.39 is 0 Å². The number of fused-ring (bicyclic) bond motifs is 10. The molecule has 8 aromatic carbocycles. The van der Waals surface area contributed by atoms with Gasteiger partial charge in [-0.3, -0.25) is 54.8 Å². The highest BCUT2D eigenvalue weighted by molar-refractivity contribution is 5.85. The second kappa shape index (κ2) is 70.1. The fraction of sp³-hybridized carbons (Fsp3) is 0.259. The Kier molecular flexibility index (Phi) is 61.5. The monoisotopic (exact) mass is 1740 g/mol. The lowest BCUT2D eigenvalue weighted by atomic mass is 10.1. The van der Waals surface area contributed by atoms with Gasteiger partial charge in [0, 0.05) is 140 Å². The van der Waals surface area contributed by atoms with E-state index in [2.05, 4.69) is 207 Å². The van der Waals surface area contributed by atoms with Gasteiger partial charge in [-0.1, -0.05) is 295 Å². The van der Waals surface area contributed by atoms with Gasteiger partial charge in [-0.05, 0) is 218 Å².